The molecule has 0 atom stereocenters. The van der Waals surface area contributed by atoms with Crippen LogP contribution in [0.25, 0.3) is 0 Å². The van der Waals surface area contributed by atoms with Gasteiger partial charge < -0.3 is 9.80 Å². The lowest BCUT2D eigenvalue weighted by Gasteiger charge is -2.09. The van der Waals surface area contributed by atoms with Gasteiger partial charge in [-0.05, 0) is 54.1 Å². The Morgan fingerprint density at radius 2 is 0.769 bits per heavy atom. The third-order valence-electron chi connectivity index (χ3n) is 3.16. The van der Waals surface area contributed by atoms with Gasteiger partial charge in [-0.15, -0.1) is 63.0 Å². The van der Waals surface area contributed by atoms with Crippen molar-refractivity contribution in [2.45, 2.75) is 51.4 Å². The van der Waals surface area contributed by atoms with E-state index in [2.05, 4.69) is 101 Å². The first-order chi connectivity index (χ1) is 12.2. The Balaban J connectivity index is -0.000000433. The maximum Gasteiger partial charge on any atom is 0.413 e. The van der Waals surface area contributed by atoms with Crippen molar-refractivity contribution in [1.82, 2.24) is 9.80 Å². The van der Waals surface area contributed by atoms with E-state index in [-0.39, 0.29) is 8.72 Å². The molecular weight excluding hydrogens is 589 g/mol. The highest BCUT2D eigenvalue weighted by Gasteiger charge is 1.96. The van der Waals surface area contributed by atoms with Gasteiger partial charge in [0.1, 0.15) is 0 Å². The SMILES string of the molecule is CN(C)CCCCCCCCCCN(C)C.N#CB(Br)Br.N#CB(Br)Br. The number of nitriles is 2. The summed E-state index contributed by atoms with van der Waals surface area (Å²) in [5, 5.41) is 15.6. The molecule has 0 aromatic carbocycles. The second-order valence-electron chi connectivity index (χ2n) is 6.29. The van der Waals surface area contributed by atoms with Crippen LogP contribution in [0.2, 0.25) is 0 Å². The highest BCUT2D eigenvalue weighted by molar-refractivity contribution is 9.49. The fraction of sp³-hybridized carbons (Fsp3) is 0.875. The highest BCUT2D eigenvalue weighted by Crippen LogP contribution is 2.08. The van der Waals surface area contributed by atoms with Gasteiger partial charge in [-0.1, -0.05) is 38.5 Å². The van der Waals surface area contributed by atoms with Gasteiger partial charge in [-0.3, -0.25) is 0 Å². The molecule has 0 unspecified atom stereocenters. The van der Waals surface area contributed by atoms with E-state index < -0.39 is 0 Å². The lowest BCUT2D eigenvalue weighted by molar-refractivity contribution is 0.384. The third-order valence-corrected chi connectivity index (χ3v) is 3.97. The van der Waals surface area contributed by atoms with Crippen molar-refractivity contribution in [3.8, 4) is 11.9 Å². The molecule has 0 amide bonds. The minimum absolute atomic E-state index is 0.185. The quantitative estimate of drug-likeness (QED) is 0.214. The van der Waals surface area contributed by atoms with E-state index in [1.807, 2.05) is 11.9 Å². The largest absolute Gasteiger partial charge is 0.413 e. The topological polar surface area (TPSA) is 54.1 Å². The molecule has 4 nitrogen and oxygen atoms in total. The second kappa shape index (κ2) is 25.9. The van der Waals surface area contributed by atoms with Crippen LogP contribution < -0.4 is 0 Å². The zero-order chi connectivity index (χ0) is 20.8. The van der Waals surface area contributed by atoms with Crippen molar-refractivity contribution >= 4 is 71.7 Å². The summed E-state index contributed by atoms with van der Waals surface area (Å²) in [4.78, 5) is 4.56. The van der Waals surface area contributed by atoms with E-state index in [0.717, 1.165) is 0 Å². The Hall–Kier alpha value is 0.950. The summed E-state index contributed by atoms with van der Waals surface area (Å²) in [6, 6.07) is 0. The van der Waals surface area contributed by atoms with Crippen LogP contribution in [0.3, 0.4) is 0 Å². The standard InChI is InChI=1S/C14H32N2.2CBBr2N/c1-15(2)13-11-9-7-5-6-8-10-12-14-16(3)4;2*3-2(4)1-5/h5-14H2,1-4H3;;. The van der Waals surface area contributed by atoms with Crippen LogP contribution in [0.5, 0.6) is 0 Å². The first-order valence-corrected chi connectivity index (χ1v) is 12.5. The molecule has 0 aliphatic carbocycles. The molecule has 0 radical (unpaired) electrons. The fourth-order valence-corrected chi connectivity index (χ4v) is 1.92. The Labute approximate surface area is 195 Å². The maximum atomic E-state index is 7.80. The zero-order valence-corrected chi connectivity index (χ0v) is 22.9. The first kappa shape index (κ1) is 31.6. The smallest absolute Gasteiger partial charge is 0.309 e. The summed E-state index contributed by atoms with van der Waals surface area (Å²) in [7, 11) is 8.63. The van der Waals surface area contributed by atoms with E-state index >= 15 is 0 Å². The number of hydrogen-bond donors (Lipinski definition) is 0. The Kier molecular flexibility index (Phi) is 31.6. The summed E-state index contributed by atoms with van der Waals surface area (Å²) < 4.78 is -0.370. The molecule has 0 fully saturated rings. The Morgan fingerprint density at radius 3 is 0.923 bits per heavy atom. The molecule has 150 valence electrons. The first-order valence-electron chi connectivity index (χ1n) is 8.82. The molecule has 0 rings (SSSR count). The van der Waals surface area contributed by atoms with Crippen LogP contribution in [0, 0.1) is 22.5 Å². The number of hydrogen-bond acceptors (Lipinski definition) is 4. The van der Waals surface area contributed by atoms with Crippen LogP contribution in [-0.2, 0) is 0 Å². The average molecular weight is 622 g/mol. The van der Waals surface area contributed by atoms with Crippen molar-refractivity contribution in [3.05, 3.63) is 0 Å². The number of nitrogens with zero attached hydrogens (tertiary/aromatic N) is 4. The summed E-state index contributed by atoms with van der Waals surface area (Å²) >= 11 is 11.7. The molecule has 0 aromatic heterocycles. The van der Waals surface area contributed by atoms with Gasteiger partial charge in [0.25, 0.3) is 0 Å². The maximum absolute atomic E-state index is 7.80. The van der Waals surface area contributed by atoms with Gasteiger partial charge in [0.05, 0.1) is 0 Å². The average Bonchev–Trinajstić information content (AvgIpc) is 2.57. The second-order valence-corrected chi connectivity index (χ2v) is 12.4. The molecular formula is C16H32B2Br4N4. The van der Waals surface area contributed by atoms with Gasteiger partial charge in [-0.2, -0.15) is 0 Å². The van der Waals surface area contributed by atoms with Crippen molar-refractivity contribution < 1.29 is 0 Å². The molecule has 0 saturated carbocycles. The van der Waals surface area contributed by atoms with Crippen molar-refractivity contribution in [2.24, 2.45) is 0 Å². The van der Waals surface area contributed by atoms with Crippen molar-refractivity contribution in [2.75, 3.05) is 41.3 Å². The van der Waals surface area contributed by atoms with E-state index in [0.29, 0.717) is 0 Å². The van der Waals surface area contributed by atoms with Gasteiger partial charge in [0.2, 0.25) is 0 Å². The van der Waals surface area contributed by atoms with Crippen LogP contribution >= 0.6 is 63.0 Å². The predicted molar refractivity (Wildman–Crippen MR) is 132 cm³/mol. The van der Waals surface area contributed by atoms with Gasteiger partial charge in [-0.25, -0.2) is 10.5 Å². The molecule has 0 N–H and O–H groups in total. The van der Waals surface area contributed by atoms with Crippen LogP contribution in [0.15, 0.2) is 0 Å². The molecule has 10 heteroatoms. The lowest BCUT2D eigenvalue weighted by Crippen LogP contribution is -2.12. The fourth-order valence-electron chi connectivity index (χ4n) is 1.92. The Morgan fingerprint density at radius 1 is 0.577 bits per heavy atom. The van der Waals surface area contributed by atoms with E-state index in [9.17, 15) is 0 Å². The molecule has 0 saturated heterocycles. The molecule has 26 heavy (non-hydrogen) atoms. The van der Waals surface area contributed by atoms with E-state index in [1.54, 1.807) is 0 Å². The molecule has 0 aliphatic heterocycles. The number of rotatable bonds is 11. The molecule has 0 aromatic rings. The molecule has 0 spiro atoms. The molecule has 0 aliphatic rings. The van der Waals surface area contributed by atoms with Gasteiger partial charge in [0.15, 0.2) is 0 Å². The van der Waals surface area contributed by atoms with Crippen molar-refractivity contribution in [1.29, 1.82) is 10.5 Å². The van der Waals surface area contributed by atoms with Gasteiger partial charge in [0, 0.05) is 11.9 Å². The van der Waals surface area contributed by atoms with Gasteiger partial charge >= 0.3 is 8.72 Å². The number of halogens is 4. The van der Waals surface area contributed by atoms with E-state index in [1.165, 1.54) is 64.5 Å². The third kappa shape index (κ3) is 44.4. The molecule has 0 bridgehead atoms. The zero-order valence-electron chi connectivity index (χ0n) is 16.5. The van der Waals surface area contributed by atoms with Crippen LogP contribution in [-0.4, -0.2) is 59.8 Å². The summed E-state index contributed by atoms with van der Waals surface area (Å²) in [6.07, 6.45) is 11.3. The Bertz CT molecular complexity index is 325. The normalized spacial score (nSPS) is 9.38. The minimum atomic E-state index is -0.185. The summed E-state index contributed by atoms with van der Waals surface area (Å²) in [5.74, 6) is 3.72. The van der Waals surface area contributed by atoms with Crippen LogP contribution in [0.1, 0.15) is 51.4 Å². The minimum Gasteiger partial charge on any atom is -0.309 e. The monoisotopic (exact) mass is 618 g/mol. The number of unbranched alkanes of at least 4 members (excludes halogenated alkanes) is 7. The summed E-state index contributed by atoms with van der Waals surface area (Å²) in [5.41, 5.74) is 0. The predicted octanol–water partition coefficient (Wildman–Crippen LogP) is 5.88. The van der Waals surface area contributed by atoms with Crippen LogP contribution in [0.4, 0.5) is 0 Å². The lowest BCUT2D eigenvalue weighted by atomic mass is 10.1. The van der Waals surface area contributed by atoms with Crippen molar-refractivity contribution in [3.63, 3.8) is 0 Å². The summed E-state index contributed by atoms with van der Waals surface area (Å²) in [6.45, 7) is 2.51. The highest BCUT2D eigenvalue weighted by atomic mass is 79.9. The molecule has 0 heterocycles. The van der Waals surface area contributed by atoms with E-state index in [4.69, 9.17) is 10.5 Å².